The second-order valence-electron chi connectivity index (χ2n) is 5.32. The van der Waals surface area contributed by atoms with E-state index in [1.807, 2.05) is 0 Å². The van der Waals surface area contributed by atoms with E-state index in [2.05, 4.69) is 27.7 Å². The Morgan fingerprint density at radius 2 is 1.80 bits per heavy atom. The first-order chi connectivity index (χ1) is 7.14. The summed E-state index contributed by atoms with van der Waals surface area (Å²) in [5, 5.41) is 0. The second-order valence-corrected chi connectivity index (χ2v) is 5.32. The zero-order valence-electron chi connectivity index (χ0n) is 11.0. The maximum absolute atomic E-state index is 6.31. The summed E-state index contributed by atoms with van der Waals surface area (Å²) in [7, 11) is 0. The van der Waals surface area contributed by atoms with Crippen molar-refractivity contribution in [2.75, 3.05) is 0 Å². The number of ether oxygens (including phenoxy) is 1. The van der Waals surface area contributed by atoms with E-state index in [9.17, 15) is 0 Å². The molecule has 1 heteroatoms. The first kappa shape index (κ1) is 13.0. The molecule has 0 spiro atoms. The van der Waals surface area contributed by atoms with Crippen LogP contribution < -0.4 is 0 Å². The molecule has 0 bridgehead atoms. The van der Waals surface area contributed by atoms with Crippen molar-refractivity contribution in [3.8, 4) is 0 Å². The minimum Gasteiger partial charge on any atom is -0.372 e. The fourth-order valence-electron chi connectivity index (χ4n) is 3.25. The summed E-state index contributed by atoms with van der Waals surface area (Å²) in [6, 6.07) is 0. The maximum Gasteiger partial charge on any atom is 0.0711 e. The van der Waals surface area contributed by atoms with Crippen LogP contribution in [-0.2, 0) is 4.74 Å². The molecule has 90 valence electrons. The molecule has 15 heavy (non-hydrogen) atoms. The summed E-state index contributed by atoms with van der Waals surface area (Å²) in [5.74, 6) is 0.824. The van der Waals surface area contributed by atoms with Crippen molar-refractivity contribution < 1.29 is 4.74 Å². The van der Waals surface area contributed by atoms with Gasteiger partial charge in [0, 0.05) is 0 Å². The molecule has 0 aromatic rings. The lowest BCUT2D eigenvalue weighted by Crippen LogP contribution is -2.41. The summed E-state index contributed by atoms with van der Waals surface area (Å²) < 4.78 is 6.31. The summed E-state index contributed by atoms with van der Waals surface area (Å²) in [4.78, 5) is 0. The molecular weight excluding hydrogens is 184 g/mol. The molecule has 1 atom stereocenters. The van der Waals surface area contributed by atoms with E-state index in [1.54, 1.807) is 0 Å². The molecule has 0 heterocycles. The lowest BCUT2D eigenvalue weighted by molar-refractivity contribution is -0.123. The van der Waals surface area contributed by atoms with Gasteiger partial charge >= 0.3 is 0 Å². The average molecular weight is 212 g/mol. The van der Waals surface area contributed by atoms with Crippen LogP contribution in [0.2, 0.25) is 0 Å². The van der Waals surface area contributed by atoms with E-state index < -0.39 is 0 Å². The van der Waals surface area contributed by atoms with Crippen molar-refractivity contribution in [3.63, 3.8) is 0 Å². The molecule has 0 N–H and O–H groups in total. The van der Waals surface area contributed by atoms with Gasteiger partial charge in [-0.05, 0) is 45.4 Å². The number of rotatable bonds is 6. The van der Waals surface area contributed by atoms with E-state index >= 15 is 0 Å². The molecule has 1 unspecified atom stereocenters. The van der Waals surface area contributed by atoms with Gasteiger partial charge < -0.3 is 4.74 Å². The van der Waals surface area contributed by atoms with Crippen LogP contribution in [0, 0.1) is 5.92 Å². The molecule has 1 saturated carbocycles. The van der Waals surface area contributed by atoms with Crippen molar-refractivity contribution in [2.45, 2.75) is 84.3 Å². The zero-order valence-corrected chi connectivity index (χ0v) is 11.0. The second kappa shape index (κ2) is 5.89. The smallest absolute Gasteiger partial charge is 0.0711 e. The lowest BCUT2D eigenvalue weighted by atomic mass is 9.80. The first-order valence-corrected chi connectivity index (χ1v) is 6.82. The molecule has 0 amide bonds. The highest BCUT2D eigenvalue weighted by molar-refractivity contribution is 4.90. The number of hydrogen-bond donors (Lipinski definition) is 0. The summed E-state index contributed by atoms with van der Waals surface area (Å²) in [6.07, 6.45) is 9.65. The van der Waals surface area contributed by atoms with Gasteiger partial charge in [0.05, 0.1) is 11.7 Å². The van der Waals surface area contributed by atoms with E-state index in [0.717, 1.165) is 5.92 Å². The van der Waals surface area contributed by atoms with E-state index in [4.69, 9.17) is 4.74 Å². The van der Waals surface area contributed by atoms with Crippen molar-refractivity contribution in [3.05, 3.63) is 0 Å². The van der Waals surface area contributed by atoms with Crippen molar-refractivity contribution in [2.24, 2.45) is 5.92 Å². The van der Waals surface area contributed by atoms with E-state index in [0.29, 0.717) is 6.10 Å². The Morgan fingerprint density at radius 1 is 1.20 bits per heavy atom. The standard InChI is InChI=1S/C14H28O/c1-5-11-14(6-2,15-12(3)4)13-9-7-8-10-13/h12-13H,5-11H2,1-4H3. The lowest BCUT2D eigenvalue weighted by Gasteiger charge is -2.40. The molecule has 1 aliphatic rings. The zero-order chi connectivity index (χ0) is 11.3. The van der Waals surface area contributed by atoms with Crippen molar-refractivity contribution in [1.82, 2.24) is 0 Å². The Morgan fingerprint density at radius 3 is 2.20 bits per heavy atom. The fourth-order valence-corrected chi connectivity index (χ4v) is 3.25. The molecule has 1 nitrogen and oxygen atoms in total. The predicted molar refractivity (Wildman–Crippen MR) is 66.1 cm³/mol. The Labute approximate surface area is 95.6 Å². The Balaban J connectivity index is 2.70. The van der Waals surface area contributed by atoms with Gasteiger partial charge in [-0.1, -0.05) is 33.1 Å². The van der Waals surface area contributed by atoms with Crippen LogP contribution in [0.15, 0.2) is 0 Å². The molecule has 0 aromatic carbocycles. The highest BCUT2D eigenvalue weighted by Gasteiger charge is 2.39. The Bertz CT molecular complexity index is 170. The molecule has 1 aliphatic carbocycles. The summed E-state index contributed by atoms with van der Waals surface area (Å²) in [5.41, 5.74) is 0.194. The van der Waals surface area contributed by atoms with Gasteiger partial charge in [0.2, 0.25) is 0 Å². The van der Waals surface area contributed by atoms with Gasteiger partial charge in [-0.2, -0.15) is 0 Å². The highest BCUT2D eigenvalue weighted by atomic mass is 16.5. The topological polar surface area (TPSA) is 9.23 Å². The van der Waals surface area contributed by atoms with Gasteiger partial charge in [-0.3, -0.25) is 0 Å². The third kappa shape index (κ3) is 3.21. The van der Waals surface area contributed by atoms with Crippen LogP contribution in [0.5, 0.6) is 0 Å². The van der Waals surface area contributed by atoms with Crippen LogP contribution in [0.4, 0.5) is 0 Å². The molecule has 0 radical (unpaired) electrons. The van der Waals surface area contributed by atoms with Gasteiger partial charge in [0.15, 0.2) is 0 Å². The minimum absolute atomic E-state index is 0.194. The number of hydrogen-bond acceptors (Lipinski definition) is 1. The van der Waals surface area contributed by atoms with Gasteiger partial charge in [-0.15, -0.1) is 0 Å². The van der Waals surface area contributed by atoms with Gasteiger partial charge in [-0.25, -0.2) is 0 Å². The molecule has 0 aromatic heterocycles. The van der Waals surface area contributed by atoms with Gasteiger partial charge in [0.1, 0.15) is 0 Å². The quantitative estimate of drug-likeness (QED) is 0.627. The minimum atomic E-state index is 0.194. The molecule has 0 saturated heterocycles. The third-order valence-corrected chi connectivity index (χ3v) is 3.84. The average Bonchev–Trinajstić information content (AvgIpc) is 2.69. The monoisotopic (exact) mass is 212 g/mol. The van der Waals surface area contributed by atoms with Crippen LogP contribution in [0.1, 0.15) is 72.6 Å². The third-order valence-electron chi connectivity index (χ3n) is 3.84. The Kier molecular flexibility index (Phi) is 5.11. The maximum atomic E-state index is 6.31. The normalized spacial score (nSPS) is 22.2. The van der Waals surface area contributed by atoms with Gasteiger partial charge in [0.25, 0.3) is 0 Å². The van der Waals surface area contributed by atoms with E-state index in [1.165, 1.54) is 44.9 Å². The fraction of sp³-hybridized carbons (Fsp3) is 1.00. The SMILES string of the molecule is CCCC(CC)(OC(C)C)C1CCCC1. The van der Waals surface area contributed by atoms with E-state index in [-0.39, 0.29) is 5.60 Å². The summed E-state index contributed by atoms with van der Waals surface area (Å²) >= 11 is 0. The molecular formula is C14H28O. The van der Waals surface area contributed by atoms with Crippen LogP contribution >= 0.6 is 0 Å². The van der Waals surface area contributed by atoms with Crippen LogP contribution in [0.25, 0.3) is 0 Å². The summed E-state index contributed by atoms with van der Waals surface area (Å²) in [6.45, 7) is 8.93. The molecule has 0 aliphatic heterocycles. The van der Waals surface area contributed by atoms with Crippen LogP contribution in [0.3, 0.4) is 0 Å². The van der Waals surface area contributed by atoms with Crippen LogP contribution in [-0.4, -0.2) is 11.7 Å². The largest absolute Gasteiger partial charge is 0.372 e. The Hall–Kier alpha value is -0.0400. The first-order valence-electron chi connectivity index (χ1n) is 6.82. The van der Waals surface area contributed by atoms with Crippen molar-refractivity contribution in [1.29, 1.82) is 0 Å². The molecule has 1 fully saturated rings. The van der Waals surface area contributed by atoms with Crippen molar-refractivity contribution >= 4 is 0 Å². The predicted octanol–water partition coefficient (Wildman–Crippen LogP) is 4.55. The molecule has 1 rings (SSSR count). The highest BCUT2D eigenvalue weighted by Crippen LogP contribution is 2.42.